The number of carboxylic acids is 2. The van der Waals surface area contributed by atoms with E-state index in [1.807, 2.05) is 29.2 Å². The molecule has 2 atom stereocenters. The number of rotatable bonds is 26. The number of nitrogens with zero attached hydrogens (tertiary/aromatic N) is 3. The van der Waals surface area contributed by atoms with Gasteiger partial charge >= 0.3 is 43.7 Å². The Morgan fingerprint density at radius 1 is 0.800 bits per heavy atom. The number of carbonyl (C=O) groups is 3. The van der Waals surface area contributed by atoms with E-state index in [0.717, 1.165) is 38.5 Å². The molecule has 0 aliphatic heterocycles. The van der Waals surface area contributed by atoms with E-state index in [-0.39, 0.29) is 68.9 Å². The predicted molar refractivity (Wildman–Crippen MR) is 176 cm³/mol. The van der Waals surface area contributed by atoms with Crippen molar-refractivity contribution in [2.45, 2.75) is 104 Å². The summed E-state index contributed by atoms with van der Waals surface area (Å²) in [5.74, 6) is -2.20. The van der Waals surface area contributed by atoms with Gasteiger partial charge in [0.1, 0.15) is 0 Å². The minimum atomic E-state index is -1.12. The second-order valence-electron chi connectivity index (χ2n) is 10.8. The van der Waals surface area contributed by atoms with Gasteiger partial charge in [0.25, 0.3) is 0 Å². The van der Waals surface area contributed by atoms with Crippen molar-refractivity contribution in [3.8, 4) is 0 Å². The first kappa shape index (κ1) is 47.9. The summed E-state index contributed by atoms with van der Waals surface area (Å²) in [5.41, 5.74) is 0. The van der Waals surface area contributed by atoms with Crippen LogP contribution >= 0.6 is 0 Å². The number of amides is 1. The Balaban J connectivity index is -0.000000767. The number of unbranched alkanes of at least 4 members (excludes halogenated alkanes) is 4. The molecule has 0 heterocycles. The first-order valence-electron chi connectivity index (χ1n) is 15.9. The Bertz CT molecular complexity index is 838. The molecule has 0 aliphatic carbocycles. The number of hydrogen-bond acceptors (Lipinski definition) is 10. The maximum absolute atomic E-state index is 11.6. The van der Waals surface area contributed by atoms with E-state index >= 15 is 0 Å². The third-order valence-electron chi connectivity index (χ3n) is 6.15. The summed E-state index contributed by atoms with van der Waals surface area (Å²) in [6.07, 6.45) is 13.8. The first-order chi connectivity index (χ1) is 20.9. The topological polar surface area (TPSA) is 189 Å². The van der Waals surface area contributed by atoms with Gasteiger partial charge in [-0.15, -0.1) is 0 Å². The van der Waals surface area contributed by atoms with Crippen molar-refractivity contribution in [1.82, 2.24) is 15.1 Å². The number of nitrogens with one attached hydrogen (secondary N) is 1. The van der Waals surface area contributed by atoms with Gasteiger partial charge in [0.05, 0.1) is 25.2 Å². The van der Waals surface area contributed by atoms with Crippen LogP contribution in [0.2, 0.25) is 0 Å². The molecule has 0 aromatic heterocycles. The molecule has 0 aliphatic rings. The van der Waals surface area contributed by atoms with Crippen LogP contribution in [-0.4, -0.2) is 151 Å². The van der Waals surface area contributed by atoms with E-state index in [1.54, 1.807) is 18.7 Å². The van der Waals surface area contributed by atoms with E-state index in [1.165, 1.54) is 0 Å². The molecule has 0 saturated carbocycles. The zero-order valence-corrected chi connectivity index (χ0v) is 30.3. The van der Waals surface area contributed by atoms with Crippen LogP contribution in [0.4, 0.5) is 0 Å². The average Bonchev–Trinajstić information content (AvgIpc) is 2.94. The molecule has 0 radical (unpaired) electrons. The smallest absolute Gasteiger partial charge is 0.862 e. The maximum atomic E-state index is 11.6. The second-order valence-corrected chi connectivity index (χ2v) is 10.8. The standard InChI is InChI=1S/2C16H30N2O4.Ca/c2*1-3-4-5-6-7-8-15(20)17-10-12-18(13-14(2)19)11-9-16(21)22;/h2*6-7,14,19H,3-5,8-13H2,1-2H3,(H,17,20)(H,21,22);/q;;+2/p-2/b2*7-6+;. The average molecular weight is 667 g/mol. The van der Waals surface area contributed by atoms with Gasteiger partial charge in [0.2, 0.25) is 5.91 Å². The molecule has 0 rings (SSSR count). The van der Waals surface area contributed by atoms with Crippen LogP contribution in [0, 0.1) is 0 Å². The van der Waals surface area contributed by atoms with Gasteiger partial charge in [0, 0.05) is 58.2 Å². The largest absolute Gasteiger partial charge is 2.00 e. The number of allylic oxidation sites excluding steroid dienone is 2. The summed E-state index contributed by atoms with van der Waals surface area (Å²) >= 11 is 0. The molecule has 256 valence electrons. The molecule has 0 aromatic rings. The van der Waals surface area contributed by atoms with Gasteiger partial charge in [-0.25, -0.2) is 0 Å². The van der Waals surface area contributed by atoms with E-state index in [9.17, 15) is 34.8 Å². The molecule has 0 aromatic carbocycles. The van der Waals surface area contributed by atoms with Crippen molar-refractivity contribution >= 4 is 61.5 Å². The number of aliphatic hydroxyl groups excluding tert-OH is 2. The summed E-state index contributed by atoms with van der Waals surface area (Å²) in [5, 5.41) is 52.3. The Morgan fingerprint density at radius 2 is 1.31 bits per heavy atom. The molecule has 1 amide bonds. The molecule has 0 bridgehead atoms. The van der Waals surface area contributed by atoms with E-state index in [4.69, 9.17) is 5.11 Å². The Kier molecular flexibility index (Phi) is 36.0. The number of aliphatic carboxylic acids is 2. The quantitative estimate of drug-likeness (QED) is 0.0337. The van der Waals surface area contributed by atoms with Gasteiger partial charge in [-0.05, 0) is 45.4 Å². The van der Waals surface area contributed by atoms with Crippen LogP contribution < -0.4 is 15.5 Å². The summed E-state index contributed by atoms with van der Waals surface area (Å²) in [4.78, 5) is 40.3. The van der Waals surface area contributed by atoms with E-state index in [2.05, 4.69) is 24.2 Å². The Hall–Kier alpha value is -1.54. The van der Waals surface area contributed by atoms with Crippen LogP contribution in [0.15, 0.2) is 29.3 Å². The van der Waals surface area contributed by atoms with E-state index in [0.29, 0.717) is 58.7 Å². The van der Waals surface area contributed by atoms with Gasteiger partial charge < -0.3 is 40.6 Å². The van der Waals surface area contributed by atoms with Crippen LogP contribution in [0.5, 0.6) is 0 Å². The molecule has 45 heavy (non-hydrogen) atoms. The molecule has 0 fully saturated rings. The van der Waals surface area contributed by atoms with Crippen molar-refractivity contribution in [1.29, 1.82) is 0 Å². The predicted octanol–water partition coefficient (Wildman–Crippen LogP) is 0.720. The number of carboxylic acid groups (broad SMARTS) is 2. The Morgan fingerprint density at radius 3 is 1.80 bits per heavy atom. The normalized spacial score (nSPS) is 13.0. The van der Waals surface area contributed by atoms with Crippen molar-refractivity contribution in [2.24, 2.45) is 4.99 Å². The SMILES string of the molecule is CCCC/C=C/CC(=O)NCCN(CCC(=O)O)CC(C)O.CCCC/C=C/CC([O-])=NCCN(CCC(=O)[O-])CC(C)O.[Ca+2]. The fraction of sp³-hybridized carbons (Fsp3) is 0.750. The number of aliphatic hydroxyl groups is 2. The summed E-state index contributed by atoms with van der Waals surface area (Å²) in [6.45, 7) is 10.7. The van der Waals surface area contributed by atoms with Crippen molar-refractivity contribution < 1.29 is 39.9 Å². The van der Waals surface area contributed by atoms with Gasteiger partial charge in [-0.1, -0.05) is 63.8 Å². The zero-order valence-electron chi connectivity index (χ0n) is 28.1. The van der Waals surface area contributed by atoms with E-state index < -0.39 is 24.1 Å². The third kappa shape index (κ3) is 38.6. The van der Waals surface area contributed by atoms with Crippen LogP contribution in [0.1, 0.15) is 91.9 Å². The van der Waals surface area contributed by atoms with Gasteiger partial charge in [-0.3, -0.25) is 19.4 Å². The molecule has 2 unspecified atom stereocenters. The molecule has 4 N–H and O–H groups in total. The number of hydrogen-bond donors (Lipinski definition) is 4. The fourth-order valence-electron chi connectivity index (χ4n) is 3.90. The van der Waals surface area contributed by atoms with Gasteiger partial charge in [-0.2, -0.15) is 0 Å². The molecule has 13 heteroatoms. The van der Waals surface area contributed by atoms with Crippen LogP contribution in [0.3, 0.4) is 0 Å². The molecular formula is C32H58CaN4O8. The Labute approximate surface area is 300 Å². The monoisotopic (exact) mass is 666 g/mol. The first-order valence-corrected chi connectivity index (χ1v) is 15.9. The number of aliphatic imine (C=N–C) groups is 1. The molecule has 0 spiro atoms. The third-order valence-corrected chi connectivity index (χ3v) is 6.15. The van der Waals surface area contributed by atoms with Crippen molar-refractivity contribution in [2.75, 3.05) is 52.4 Å². The molecular weight excluding hydrogens is 608 g/mol. The minimum absolute atomic E-state index is 0. The van der Waals surface area contributed by atoms with Crippen LogP contribution in [0.25, 0.3) is 0 Å². The maximum Gasteiger partial charge on any atom is 2.00 e. The summed E-state index contributed by atoms with van der Waals surface area (Å²) in [7, 11) is 0. The number of carbonyl (C=O) groups excluding carboxylic acids is 2. The second kappa shape index (κ2) is 33.8. The zero-order chi connectivity index (χ0) is 33.6. The summed E-state index contributed by atoms with van der Waals surface area (Å²) in [6, 6.07) is 0. The minimum Gasteiger partial charge on any atom is -0.862 e. The molecule has 0 saturated heterocycles. The fourth-order valence-corrected chi connectivity index (χ4v) is 3.90. The van der Waals surface area contributed by atoms with Gasteiger partial charge in [0.15, 0.2) is 0 Å². The van der Waals surface area contributed by atoms with Crippen molar-refractivity contribution in [3.63, 3.8) is 0 Å². The van der Waals surface area contributed by atoms with Crippen molar-refractivity contribution in [3.05, 3.63) is 24.3 Å². The summed E-state index contributed by atoms with van der Waals surface area (Å²) < 4.78 is 0. The molecule has 12 nitrogen and oxygen atoms in total. The van der Waals surface area contributed by atoms with Crippen LogP contribution in [-0.2, 0) is 14.4 Å².